The van der Waals surface area contributed by atoms with Crippen LogP contribution in [0.2, 0.25) is 0 Å². The fourth-order valence-corrected chi connectivity index (χ4v) is 4.37. The summed E-state index contributed by atoms with van der Waals surface area (Å²) in [6.45, 7) is 2.19. The van der Waals surface area contributed by atoms with Crippen molar-refractivity contribution in [3.8, 4) is 0 Å². The van der Waals surface area contributed by atoms with Crippen molar-refractivity contribution in [2.75, 3.05) is 18.0 Å². The summed E-state index contributed by atoms with van der Waals surface area (Å²) in [4.78, 5) is 2.42. The highest BCUT2D eigenvalue weighted by Crippen LogP contribution is 2.45. The molecule has 1 aliphatic heterocycles. The predicted octanol–water partition coefficient (Wildman–Crippen LogP) is 4.28. The first-order valence-electron chi connectivity index (χ1n) is 7.99. The van der Waals surface area contributed by atoms with Crippen LogP contribution in [0.25, 0.3) is 0 Å². The second-order valence-electron chi connectivity index (χ2n) is 6.62. The van der Waals surface area contributed by atoms with Gasteiger partial charge in [-0.2, -0.15) is 0 Å². The molecule has 1 spiro atoms. The molecule has 0 radical (unpaired) electrons. The highest BCUT2D eigenvalue weighted by Gasteiger charge is 2.35. The van der Waals surface area contributed by atoms with Crippen molar-refractivity contribution >= 4 is 27.5 Å². The molecule has 1 aliphatic carbocycles. The second kappa shape index (κ2) is 5.99. The van der Waals surface area contributed by atoms with Crippen LogP contribution in [0.4, 0.5) is 5.69 Å². The average molecular weight is 350 g/mol. The Morgan fingerprint density at radius 3 is 2.38 bits per heavy atom. The average Bonchev–Trinajstić information content (AvgIpc) is 2.48. The number of halogens is 1. The molecule has 1 aromatic carbocycles. The largest absolute Gasteiger partial charge is 0.384 e. The number of piperidine rings is 1. The first-order valence-corrected chi connectivity index (χ1v) is 8.78. The van der Waals surface area contributed by atoms with Crippen LogP contribution in [-0.2, 0) is 0 Å². The lowest BCUT2D eigenvalue weighted by Crippen LogP contribution is -2.41. The summed E-state index contributed by atoms with van der Waals surface area (Å²) in [5.74, 6) is 0.162. The van der Waals surface area contributed by atoms with Gasteiger partial charge in [-0.05, 0) is 49.3 Å². The van der Waals surface area contributed by atoms with Crippen molar-refractivity contribution in [3.05, 3.63) is 28.2 Å². The molecule has 0 atom stereocenters. The molecule has 114 valence electrons. The van der Waals surface area contributed by atoms with E-state index >= 15 is 0 Å². The van der Waals surface area contributed by atoms with E-state index in [1.54, 1.807) is 0 Å². The number of nitrogens with two attached hydrogens (primary N) is 1. The molecule has 21 heavy (non-hydrogen) atoms. The van der Waals surface area contributed by atoms with E-state index in [0.717, 1.165) is 28.8 Å². The zero-order chi connectivity index (χ0) is 14.9. The normalized spacial score (nSPS) is 21.5. The maximum Gasteiger partial charge on any atom is 0.124 e. The van der Waals surface area contributed by atoms with Crippen LogP contribution in [0.15, 0.2) is 22.7 Å². The Bertz CT molecular complexity index is 525. The van der Waals surface area contributed by atoms with Gasteiger partial charge in [-0.3, -0.25) is 5.41 Å². The van der Waals surface area contributed by atoms with Gasteiger partial charge in [0.1, 0.15) is 5.84 Å². The predicted molar refractivity (Wildman–Crippen MR) is 92.1 cm³/mol. The first-order chi connectivity index (χ1) is 10.1. The van der Waals surface area contributed by atoms with E-state index in [2.05, 4.69) is 26.9 Å². The monoisotopic (exact) mass is 349 g/mol. The Kier molecular flexibility index (Phi) is 4.25. The number of rotatable bonds is 2. The molecule has 2 aliphatic rings. The third kappa shape index (κ3) is 3.10. The fraction of sp³-hybridized carbons (Fsp3) is 0.588. The van der Waals surface area contributed by atoms with E-state index in [0.29, 0.717) is 5.41 Å². The second-order valence-corrected chi connectivity index (χ2v) is 7.54. The van der Waals surface area contributed by atoms with Gasteiger partial charge in [0.15, 0.2) is 0 Å². The standard InChI is InChI=1S/C17H24BrN3/c18-13-4-5-14(16(19)20)15(12-13)21-10-8-17(9-11-21)6-2-1-3-7-17/h4-5,12H,1-3,6-11H2,(H3,19,20). The molecular weight excluding hydrogens is 326 g/mol. The van der Waals surface area contributed by atoms with Crippen molar-refractivity contribution in [2.45, 2.75) is 44.9 Å². The van der Waals surface area contributed by atoms with E-state index in [9.17, 15) is 0 Å². The molecule has 1 saturated carbocycles. The van der Waals surface area contributed by atoms with Gasteiger partial charge in [0.25, 0.3) is 0 Å². The SMILES string of the molecule is N=C(N)c1ccc(Br)cc1N1CCC2(CCCCC2)CC1. The Morgan fingerprint density at radius 2 is 1.76 bits per heavy atom. The number of hydrogen-bond acceptors (Lipinski definition) is 2. The van der Waals surface area contributed by atoms with Crippen molar-refractivity contribution < 1.29 is 0 Å². The van der Waals surface area contributed by atoms with Crippen LogP contribution in [0.5, 0.6) is 0 Å². The van der Waals surface area contributed by atoms with E-state index in [4.69, 9.17) is 11.1 Å². The van der Waals surface area contributed by atoms with Crippen molar-refractivity contribution in [2.24, 2.45) is 11.1 Å². The van der Waals surface area contributed by atoms with Gasteiger partial charge in [0.2, 0.25) is 0 Å². The zero-order valence-corrected chi connectivity index (χ0v) is 14.1. The summed E-state index contributed by atoms with van der Waals surface area (Å²) in [6.07, 6.45) is 9.65. The van der Waals surface area contributed by atoms with Gasteiger partial charge in [-0.1, -0.05) is 35.2 Å². The van der Waals surface area contributed by atoms with Gasteiger partial charge < -0.3 is 10.6 Å². The molecule has 3 rings (SSSR count). The lowest BCUT2D eigenvalue weighted by Gasteiger charge is -2.45. The third-order valence-corrected chi connectivity index (χ3v) is 5.82. The molecular formula is C17H24BrN3. The summed E-state index contributed by atoms with van der Waals surface area (Å²) >= 11 is 3.54. The highest BCUT2D eigenvalue weighted by molar-refractivity contribution is 9.10. The van der Waals surface area contributed by atoms with E-state index in [1.165, 1.54) is 44.9 Å². The smallest absolute Gasteiger partial charge is 0.124 e. The fourth-order valence-electron chi connectivity index (χ4n) is 4.02. The summed E-state index contributed by atoms with van der Waals surface area (Å²) in [5, 5.41) is 7.79. The van der Waals surface area contributed by atoms with E-state index < -0.39 is 0 Å². The Balaban J connectivity index is 1.77. The number of benzene rings is 1. The quantitative estimate of drug-likeness (QED) is 0.618. The third-order valence-electron chi connectivity index (χ3n) is 5.33. The van der Waals surface area contributed by atoms with Gasteiger partial charge in [0.05, 0.1) is 0 Å². The number of nitrogen functional groups attached to an aromatic ring is 1. The maximum absolute atomic E-state index is 7.79. The molecule has 2 fully saturated rings. The van der Waals surface area contributed by atoms with E-state index in [-0.39, 0.29) is 5.84 Å². The van der Waals surface area contributed by atoms with Crippen molar-refractivity contribution in [3.63, 3.8) is 0 Å². The molecule has 0 unspecified atom stereocenters. The molecule has 3 N–H and O–H groups in total. The molecule has 0 amide bonds. The summed E-state index contributed by atoms with van der Waals surface area (Å²) < 4.78 is 1.06. The van der Waals surface area contributed by atoms with Crippen LogP contribution in [-0.4, -0.2) is 18.9 Å². The van der Waals surface area contributed by atoms with E-state index in [1.807, 2.05) is 12.1 Å². The Morgan fingerprint density at radius 1 is 1.10 bits per heavy atom. The Labute approximate surface area is 135 Å². The molecule has 3 nitrogen and oxygen atoms in total. The van der Waals surface area contributed by atoms with Crippen LogP contribution >= 0.6 is 15.9 Å². The lowest BCUT2D eigenvalue weighted by molar-refractivity contribution is 0.144. The molecule has 0 bridgehead atoms. The number of nitrogens with one attached hydrogen (secondary N) is 1. The van der Waals surface area contributed by atoms with Crippen molar-refractivity contribution in [1.29, 1.82) is 5.41 Å². The van der Waals surface area contributed by atoms with Crippen LogP contribution in [0.1, 0.15) is 50.5 Å². The lowest BCUT2D eigenvalue weighted by atomic mass is 9.68. The molecule has 0 aromatic heterocycles. The summed E-state index contributed by atoms with van der Waals surface area (Å²) in [5.41, 5.74) is 8.33. The molecule has 1 saturated heterocycles. The maximum atomic E-state index is 7.79. The van der Waals surface area contributed by atoms with Crippen LogP contribution < -0.4 is 10.6 Å². The number of anilines is 1. The number of nitrogens with zero attached hydrogens (tertiary/aromatic N) is 1. The van der Waals surface area contributed by atoms with Crippen molar-refractivity contribution in [1.82, 2.24) is 0 Å². The number of hydrogen-bond donors (Lipinski definition) is 2. The van der Waals surface area contributed by atoms with Crippen LogP contribution in [0.3, 0.4) is 0 Å². The Hall–Kier alpha value is -1.03. The van der Waals surface area contributed by atoms with Gasteiger partial charge >= 0.3 is 0 Å². The minimum Gasteiger partial charge on any atom is -0.384 e. The van der Waals surface area contributed by atoms with Gasteiger partial charge in [-0.25, -0.2) is 0 Å². The minimum atomic E-state index is 0.162. The van der Waals surface area contributed by atoms with Gasteiger partial charge in [0, 0.05) is 28.8 Å². The number of amidine groups is 1. The van der Waals surface area contributed by atoms with Gasteiger partial charge in [-0.15, -0.1) is 0 Å². The first kappa shape index (κ1) is 14.9. The summed E-state index contributed by atoms with van der Waals surface area (Å²) in [6, 6.07) is 6.02. The molecule has 1 heterocycles. The molecule has 1 aromatic rings. The van der Waals surface area contributed by atoms with Crippen LogP contribution in [0, 0.1) is 10.8 Å². The highest BCUT2D eigenvalue weighted by atomic mass is 79.9. The topological polar surface area (TPSA) is 53.1 Å². The zero-order valence-electron chi connectivity index (χ0n) is 12.5. The molecule has 4 heteroatoms. The summed E-state index contributed by atoms with van der Waals surface area (Å²) in [7, 11) is 0. The minimum absolute atomic E-state index is 0.162.